The van der Waals surface area contributed by atoms with Crippen molar-refractivity contribution < 1.29 is 4.68 Å². The van der Waals surface area contributed by atoms with Crippen molar-refractivity contribution in [3.8, 4) is 22.4 Å². The molecule has 0 atom stereocenters. The van der Waals surface area contributed by atoms with Crippen LogP contribution in [0, 0.1) is 0 Å². The Morgan fingerprint density at radius 3 is 2.03 bits per heavy atom. The highest BCUT2D eigenvalue weighted by molar-refractivity contribution is 9.10. The molecule has 140 valence electrons. The SMILES string of the molecule is Brc1ccc(C2=N[n+]3c(cc(-c4ccccc4)cc3-c3ccccc3)SC2)cc1. The quantitative estimate of drug-likeness (QED) is 0.323. The van der Waals surface area contributed by atoms with Crippen molar-refractivity contribution in [1.82, 2.24) is 0 Å². The number of benzene rings is 3. The van der Waals surface area contributed by atoms with E-state index in [1.807, 2.05) is 17.8 Å². The number of rotatable bonds is 3. The number of thioether (sulfide) groups is 1. The first kappa shape index (κ1) is 18.3. The topological polar surface area (TPSA) is 16.2 Å². The lowest BCUT2D eigenvalue weighted by molar-refractivity contribution is -0.705. The largest absolute Gasteiger partial charge is 0.273 e. The Morgan fingerprint density at radius 1 is 0.690 bits per heavy atom. The highest BCUT2D eigenvalue weighted by Crippen LogP contribution is 2.30. The lowest BCUT2D eigenvalue weighted by Crippen LogP contribution is -2.38. The van der Waals surface area contributed by atoms with Crippen LogP contribution >= 0.6 is 27.7 Å². The van der Waals surface area contributed by atoms with Crippen molar-refractivity contribution in [2.75, 3.05) is 5.75 Å². The van der Waals surface area contributed by atoms with E-state index in [1.165, 1.54) is 11.1 Å². The van der Waals surface area contributed by atoms with Crippen molar-refractivity contribution in [2.24, 2.45) is 5.10 Å². The second-order valence-corrected chi connectivity index (χ2v) is 8.76. The molecule has 0 radical (unpaired) electrons. The molecule has 0 spiro atoms. The van der Waals surface area contributed by atoms with Gasteiger partial charge in [-0.05, 0) is 51.8 Å². The zero-order valence-corrected chi connectivity index (χ0v) is 18.0. The van der Waals surface area contributed by atoms with Gasteiger partial charge in [0.05, 0.1) is 5.75 Å². The van der Waals surface area contributed by atoms with Gasteiger partial charge in [0.15, 0.2) is 0 Å². The van der Waals surface area contributed by atoms with Gasteiger partial charge in [-0.1, -0.05) is 76.6 Å². The Kier molecular flexibility index (Phi) is 5.04. The fourth-order valence-corrected chi connectivity index (χ4v) is 4.70. The predicted molar refractivity (Wildman–Crippen MR) is 124 cm³/mol. The molecule has 0 fully saturated rings. The molecule has 4 aromatic rings. The molecule has 0 unspecified atom stereocenters. The van der Waals surface area contributed by atoms with Crippen LogP contribution in [0.25, 0.3) is 22.4 Å². The summed E-state index contributed by atoms with van der Waals surface area (Å²) in [4.78, 5) is 0. The maximum atomic E-state index is 5.05. The highest BCUT2D eigenvalue weighted by Gasteiger charge is 2.27. The van der Waals surface area contributed by atoms with Crippen molar-refractivity contribution in [3.63, 3.8) is 0 Å². The summed E-state index contributed by atoms with van der Waals surface area (Å²) in [5, 5.41) is 6.21. The molecule has 0 N–H and O–H groups in total. The third kappa shape index (κ3) is 3.78. The van der Waals surface area contributed by atoms with Gasteiger partial charge >= 0.3 is 0 Å². The van der Waals surface area contributed by atoms with Crippen LogP contribution in [0.3, 0.4) is 0 Å². The van der Waals surface area contributed by atoms with E-state index in [2.05, 4.69) is 112 Å². The van der Waals surface area contributed by atoms with E-state index in [0.29, 0.717) is 0 Å². The van der Waals surface area contributed by atoms with Gasteiger partial charge in [0.1, 0.15) is 5.71 Å². The Hall–Kier alpha value is -2.69. The molecule has 0 amide bonds. The first-order valence-electron chi connectivity index (χ1n) is 9.45. The third-order valence-electron chi connectivity index (χ3n) is 4.94. The van der Waals surface area contributed by atoms with Gasteiger partial charge in [0.2, 0.25) is 5.69 Å². The third-order valence-corrected chi connectivity index (χ3v) is 6.47. The molecule has 0 aliphatic carbocycles. The summed E-state index contributed by atoms with van der Waals surface area (Å²) < 4.78 is 3.17. The fourth-order valence-electron chi connectivity index (χ4n) is 3.46. The van der Waals surface area contributed by atoms with E-state index in [1.54, 1.807) is 0 Å². The molecule has 1 aliphatic heterocycles. The molecular formula is C25H18BrN2S+. The second kappa shape index (κ2) is 7.97. The summed E-state index contributed by atoms with van der Waals surface area (Å²) in [5.74, 6) is 0.855. The van der Waals surface area contributed by atoms with Gasteiger partial charge in [-0.25, -0.2) is 0 Å². The van der Waals surface area contributed by atoms with Crippen LogP contribution in [0.5, 0.6) is 0 Å². The molecule has 2 nitrogen and oxygen atoms in total. The predicted octanol–water partition coefficient (Wildman–Crippen LogP) is 6.43. The summed E-state index contributed by atoms with van der Waals surface area (Å²) in [6, 6.07) is 33.9. The number of halogens is 1. The summed E-state index contributed by atoms with van der Waals surface area (Å²) >= 11 is 5.35. The second-order valence-electron chi connectivity index (χ2n) is 6.85. The first-order valence-corrected chi connectivity index (χ1v) is 11.2. The molecule has 0 saturated carbocycles. The maximum Gasteiger partial charge on any atom is 0.273 e. The summed E-state index contributed by atoms with van der Waals surface area (Å²) in [6.07, 6.45) is 0. The summed E-state index contributed by atoms with van der Waals surface area (Å²) in [5.41, 5.74) is 6.94. The minimum absolute atomic E-state index is 0.855. The van der Waals surface area contributed by atoms with Crippen molar-refractivity contribution in [2.45, 2.75) is 5.03 Å². The molecule has 5 rings (SSSR count). The van der Waals surface area contributed by atoms with E-state index in [0.717, 1.165) is 37.8 Å². The monoisotopic (exact) mass is 457 g/mol. The van der Waals surface area contributed by atoms with E-state index in [4.69, 9.17) is 5.10 Å². The van der Waals surface area contributed by atoms with Crippen LogP contribution in [0.4, 0.5) is 0 Å². The zero-order chi connectivity index (χ0) is 19.6. The molecule has 1 aliphatic rings. The van der Waals surface area contributed by atoms with Gasteiger partial charge in [0.25, 0.3) is 5.03 Å². The van der Waals surface area contributed by atoms with Crippen molar-refractivity contribution in [1.29, 1.82) is 0 Å². The maximum absolute atomic E-state index is 5.05. The number of hydrogen-bond donors (Lipinski definition) is 0. The molecule has 2 heterocycles. The van der Waals surface area contributed by atoms with Crippen molar-refractivity contribution >= 4 is 33.4 Å². The molecule has 3 aromatic carbocycles. The van der Waals surface area contributed by atoms with Crippen LogP contribution in [0.2, 0.25) is 0 Å². The summed E-state index contributed by atoms with van der Waals surface area (Å²) in [7, 11) is 0. The van der Waals surface area contributed by atoms with Gasteiger partial charge in [0, 0.05) is 32.8 Å². The number of fused-ring (bicyclic) bond motifs is 1. The fraction of sp³-hybridized carbons (Fsp3) is 0.0400. The summed E-state index contributed by atoms with van der Waals surface area (Å²) in [6.45, 7) is 0. The minimum atomic E-state index is 0.855. The van der Waals surface area contributed by atoms with Gasteiger partial charge < -0.3 is 0 Å². The number of nitrogens with zero attached hydrogens (tertiary/aromatic N) is 2. The van der Waals surface area contributed by atoms with Gasteiger partial charge in [-0.3, -0.25) is 0 Å². The van der Waals surface area contributed by atoms with Gasteiger partial charge in [-0.15, -0.1) is 0 Å². The van der Waals surface area contributed by atoms with Crippen LogP contribution in [-0.4, -0.2) is 11.5 Å². The number of hydrogen-bond acceptors (Lipinski definition) is 2. The highest BCUT2D eigenvalue weighted by atomic mass is 79.9. The van der Waals surface area contributed by atoms with E-state index in [9.17, 15) is 0 Å². The Bertz CT molecular complexity index is 1190. The number of aromatic nitrogens is 1. The van der Waals surface area contributed by atoms with Gasteiger partial charge in [-0.2, -0.15) is 0 Å². The zero-order valence-electron chi connectivity index (χ0n) is 15.6. The van der Waals surface area contributed by atoms with E-state index < -0.39 is 0 Å². The Labute approximate surface area is 183 Å². The molecule has 0 saturated heterocycles. The standard InChI is InChI=1S/C25H18BrN2S/c26-22-13-11-19(12-14-22)23-17-29-25-16-21(18-7-3-1-4-8-18)15-24(28(25)27-23)20-9-5-2-6-10-20/h1-16H,17H2/q+1. The molecule has 4 heteroatoms. The average molecular weight is 458 g/mol. The first-order chi connectivity index (χ1) is 14.3. The normalized spacial score (nSPS) is 12.9. The van der Waals surface area contributed by atoms with E-state index in [-0.39, 0.29) is 0 Å². The lowest BCUT2D eigenvalue weighted by atomic mass is 10.0. The van der Waals surface area contributed by atoms with Crippen LogP contribution in [0.1, 0.15) is 5.56 Å². The number of pyridine rings is 1. The van der Waals surface area contributed by atoms with Crippen molar-refractivity contribution in [3.05, 3.63) is 107 Å². The molecule has 1 aromatic heterocycles. The van der Waals surface area contributed by atoms with Crippen LogP contribution in [0.15, 0.2) is 112 Å². The lowest BCUT2D eigenvalue weighted by Gasteiger charge is -2.13. The smallest absolute Gasteiger partial charge is 0.0622 e. The molecule has 29 heavy (non-hydrogen) atoms. The van der Waals surface area contributed by atoms with Crippen LogP contribution in [-0.2, 0) is 0 Å². The molecular weight excluding hydrogens is 440 g/mol. The Morgan fingerprint density at radius 2 is 1.34 bits per heavy atom. The Balaban J connectivity index is 1.69. The molecule has 0 bridgehead atoms. The average Bonchev–Trinajstić information content (AvgIpc) is 2.80. The van der Waals surface area contributed by atoms with Crippen LogP contribution < -0.4 is 4.68 Å². The minimum Gasteiger partial charge on any atom is -0.0622 e. The van der Waals surface area contributed by atoms with E-state index >= 15 is 0 Å².